The van der Waals surface area contributed by atoms with Crippen LogP contribution in [0.2, 0.25) is 0 Å². The average molecular weight is 322 g/mol. The molecule has 0 unspecified atom stereocenters. The van der Waals surface area contributed by atoms with Gasteiger partial charge in [0.1, 0.15) is 11.4 Å². The van der Waals surface area contributed by atoms with E-state index in [0.29, 0.717) is 18.0 Å². The van der Waals surface area contributed by atoms with E-state index in [1.54, 1.807) is 32.9 Å². The molecule has 0 aromatic heterocycles. The first kappa shape index (κ1) is 18.8. The van der Waals surface area contributed by atoms with Gasteiger partial charge in [-0.3, -0.25) is 4.79 Å². The second-order valence-electron chi connectivity index (χ2n) is 6.53. The quantitative estimate of drug-likeness (QED) is 0.870. The lowest BCUT2D eigenvalue weighted by atomic mass is 10.1. The van der Waals surface area contributed by atoms with E-state index in [0.717, 1.165) is 5.56 Å². The Morgan fingerprint density at radius 1 is 1.22 bits per heavy atom. The van der Waals surface area contributed by atoms with Gasteiger partial charge in [0.25, 0.3) is 0 Å². The number of hydrogen-bond acceptors (Lipinski definition) is 4. The second kappa shape index (κ2) is 7.85. The van der Waals surface area contributed by atoms with Gasteiger partial charge in [0.15, 0.2) is 0 Å². The third-order valence-electron chi connectivity index (χ3n) is 2.55. The number of amides is 2. The molecule has 0 aliphatic carbocycles. The molecule has 0 aliphatic heterocycles. The third kappa shape index (κ3) is 7.54. The molecule has 6 nitrogen and oxygen atoms in total. The molecule has 0 spiro atoms. The summed E-state index contributed by atoms with van der Waals surface area (Å²) < 4.78 is 10.9. The Kier molecular flexibility index (Phi) is 6.42. The first-order valence-electron chi connectivity index (χ1n) is 7.61. The Hall–Kier alpha value is -2.24. The molecular weight excluding hydrogens is 296 g/mol. The summed E-state index contributed by atoms with van der Waals surface area (Å²) in [6.07, 6.45) is -0.491. The molecule has 128 valence electrons. The summed E-state index contributed by atoms with van der Waals surface area (Å²) in [6.45, 7) is 11.0. The van der Waals surface area contributed by atoms with Crippen molar-refractivity contribution in [3.05, 3.63) is 23.8 Å². The van der Waals surface area contributed by atoms with Crippen LogP contribution in [-0.4, -0.2) is 23.7 Å². The maximum absolute atomic E-state index is 11.7. The highest BCUT2D eigenvalue weighted by molar-refractivity contribution is 5.90. The van der Waals surface area contributed by atoms with Crippen molar-refractivity contribution in [2.24, 2.45) is 0 Å². The SMILES string of the molecule is CC(=O)Nc1cc(CNC(=O)OC(C)(C)C)ccc1OC(C)C. The molecule has 1 aromatic rings. The zero-order valence-corrected chi connectivity index (χ0v) is 14.6. The number of alkyl carbamates (subject to hydrolysis) is 1. The lowest BCUT2D eigenvalue weighted by molar-refractivity contribution is -0.114. The van der Waals surface area contributed by atoms with Crippen LogP contribution in [0, 0.1) is 0 Å². The van der Waals surface area contributed by atoms with E-state index in [1.165, 1.54) is 6.92 Å². The Morgan fingerprint density at radius 3 is 2.39 bits per heavy atom. The van der Waals surface area contributed by atoms with Crippen LogP contribution in [-0.2, 0) is 16.1 Å². The summed E-state index contributed by atoms with van der Waals surface area (Å²) in [7, 11) is 0. The van der Waals surface area contributed by atoms with E-state index in [1.807, 2.05) is 19.9 Å². The van der Waals surface area contributed by atoms with Crippen LogP contribution in [0.25, 0.3) is 0 Å². The first-order chi connectivity index (χ1) is 10.6. The van der Waals surface area contributed by atoms with Crippen molar-refractivity contribution in [3.8, 4) is 5.75 Å². The third-order valence-corrected chi connectivity index (χ3v) is 2.55. The molecule has 1 rings (SSSR count). The predicted octanol–water partition coefficient (Wildman–Crippen LogP) is 3.46. The number of benzene rings is 1. The number of carbonyl (C=O) groups is 2. The van der Waals surface area contributed by atoms with Crippen LogP contribution in [0.1, 0.15) is 47.1 Å². The van der Waals surface area contributed by atoms with Gasteiger partial charge in [-0.2, -0.15) is 0 Å². The van der Waals surface area contributed by atoms with E-state index in [4.69, 9.17) is 9.47 Å². The lowest BCUT2D eigenvalue weighted by Crippen LogP contribution is -2.32. The van der Waals surface area contributed by atoms with Crippen molar-refractivity contribution < 1.29 is 19.1 Å². The van der Waals surface area contributed by atoms with Crippen molar-refractivity contribution in [1.82, 2.24) is 5.32 Å². The topological polar surface area (TPSA) is 76.7 Å². The van der Waals surface area contributed by atoms with Crippen molar-refractivity contribution in [2.75, 3.05) is 5.32 Å². The molecule has 1 aromatic carbocycles. The number of nitrogens with one attached hydrogen (secondary N) is 2. The molecule has 2 N–H and O–H groups in total. The fraction of sp³-hybridized carbons (Fsp3) is 0.529. The van der Waals surface area contributed by atoms with Gasteiger partial charge in [-0.25, -0.2) is 4.79 Å². The minimum absolute atomic E-state index is 0.00625. The van der Waals surface area contributed by atoms with Crippen molar-refractivity contribution in [1.29, 1.82) is 0 Å². The Bertz CT molecular complexity index is 562. The zero-order valence-electron chi connectivity index (χ0n) is 14.6. The molecule has 23 heavy (non-hydrogen) atoms. The van der Waals surface area contributed by atoms with E-state index in [2.05, 4.69) is 10.6 Å². The molecule has 0 saturated heterocycles. The van der Waals surface area contributed by atoms with E-state index in [-0.39, 0.29) is 12.0 Å². The highest BCUT2D eigenvalue weighted by atomic mass is 16.6. The molecule has 0 fully saturated rings. The summed E-state index contributed by atoms with van der Waals surface area (Å²) in [5.41, 5.74) is 0.867. The minimum Gasteiger partial charge on any atom is -0.489 e. The molecular formula is C17H26N2O4. The lowest BCUT2D eigenvalue weighted by Gasteiger charge is -2.20. The van der Waals surface area contributed by atoms with E-state index in [9.17, 15) is 9.59 Å². The summed E-state index contributed by atoms with van der Waals surface area (Å²) in [4.78, 5) is 23.0. The van der Waals surface area contributed by atoms with Crippen molar-refractivity contribution in [3.63, 3.8) is 0 Å². The highest BCUT2D eigenvalue weighted by Gasteiger charge is 2.16. The van der Waals surface area contributed by atoms with Gasteiger partial charge in [0.2, 0.25) is 5.91 Å². The van der Waals surface area contributed by atoms with Gasteiger partial charge in [-0.05, 0) is 52.3 Å². The van der Waals surface area contributed by atoms with E-state index < -0.39 is 11.7 Å². The summed E-state index contributed by atoms with van der Waals surface area (Å²) >= 11 is 0. The van der Waals surface area contributed by atoms with Gasteiger partial charge in [0.05, 0.1) is 11.8 Å². The van der Waals surface area contributed by atoms with Crippen molar-refractivity contribution in [2.45, 2.75) is 59.8 Å². The Balaban J connectivity index is 2.80. The number of carbonyl (C=O) groups excluding carboxylic acids is 2. The van der Waals surface area contributed by atoms with Crippen molar-refractivity contribution >= 4 is 17.7 Å². The molecule has 0 bridgehead atoms. The number of hydrogen-bond donors (Lipinski definition) is 2. The Morgan fingerprint density at radius 2 is 1.87 bits per heavy atom. The minimum atomic E-state index is -0.541. The van der Waals surface area contributed by atoms with Crippen LogP contribution in [0.15, 0.2) is 18.2 Å². The highest BCUT2D eigenvalue weighted by Crippen LogP contribution is 2.27. The molecule has 0 radical (unpaired) electrons. The van der Waals surface area contributed by atoms with Crippen LogP contribution in [0.3, 0.4) is 0 Å². The molecule has 6 heteroatoms. The van der Waals surface area contributed by atoms with Gasteiger partial charge in [0, 0.05) is 13.5 Å². The van der Waals surface area contributed by atoms with Gasteiger partial charge >= 0.3 is 6.09 Å². The normalized spacial score (nSPS) is 11.1. The first-order valence-corrected chi connectivity index (χ1v) is 7.61. The monoisotopic (exact) mass is 322 g/mol. The van der Waals surface area contributed by atoms with Crippen LogP contribution < -0.4 is 15.4 Å². The standard InChI is InChI=1S/C17H26N2O4/c1-11(2)22-15-8-7-13(9-14(15)19-12(3)20)10-18-16(21)23-17(4,5)6/h7-9,11H,10H2,1-6H3,(H,18,21)(H,19,20). The summed E-state index contributed by atoms with van der Waals surface area (Å²) in [6, 6.07) is 5.38. The summed E-state index contributed by atoms with van der Waals surface area (Å²) in [5.74, 6) is 0.409. The zero-order chi connectivity index (χ0) is 17.6. The summed E-state index contributed by atoms with van der Waals surface area (Å²) in [5, 5.41) is 5.42. The molecule has 0 saturated carbocycles. The van der Waals surface area contributed by atoms with Crippen LogP contribution >= 0.6 is 0 Å². The maximum Gasteiger partial charge on any atom is 0.407 e. The second-order valence-corrected chi connectivity index (χ2v) is 6.53. The van der Waals surface area contributed by atoms with Gasteiger partial charge < -0.3 is 20.1 Å². The maximum atomic E-state index is 11.7. The smallest absolute Gasteiger partial charge is 0.407 e. The fourth-order valence-electron chi connectivity index (χ4n) is 1.82. The fourth-order valence-corrected chi connectivity index (χ4v) is 1.82. The van der Waals surface area contributed by atoms with Gasteiger partial charge in [-0.15, -0.1) is 0 Å². The predicted molar refractivity (Wildman–Crippen MR) is 89.6 cm³/mol. The molecule has 0 atom stereocenters. The van der Waals surface area contributed by atoms with E-state index >= 15 is 0 Å². The average Bonchev–Trinajstić information content (AvgIpc) is 2.36. The van der Waals surface area contributed by atoms with Crippen LogP contribution in [0.5, 0.6) is 5.75 Å². The molecule has 2 amide bonds. The molecule has 0 heterocycles. The number of anilines is 1. The van der Waals surface area contributed by atoms with Gasteiger partial charge in [-0.1, -0.05) is 6.07 Å². The van der Waals surface area contributed by atoms with Crippen LogP contribution in [0.4, 0.5) is 10.5 Å². The molecule has 0 aliphatic rings. The number of rotatable bonds is 5. The largest absolute Gasteiger partial charge is 0.489 e. The number of ether oxygens (including phenoxy) is 2. The Labute approximate surface area is 137 Å².